The number of rotatable bonds is 2. The first-order valence-corrected chi connectivity index (χ1v) is 5.50. The maximum Gasteiger partial charge on any atom is 0.308 e. The summed E-state index contributed by atoms with van der Waals surface area (Å²) in [6.07, 6.45) is 1.71. The van der Waals surface area contributed by atoms with E-state index in [0.29, 0.717) is 6.54 Å². The van der Waals surface area contributed by atoms with E-state index in [0.717, 1.165) is 30.8 Å². The Labute approximate surface area is 94.7 Å². The third kappa shape index (κ3) is 2.27. The van der Waals surface area contributed by atoms with Crippen LogP contribution >= 0.6 is 0 Å². The lowest BCUT2D eigenvalue weighted by atomic mass is 9.98. The van der Waals surface area contributed by atoms with Crippen molar-refractivity contribution < 1.29 is 9.90 Å². The second-order valence-corrected chi connectivity index (χ2v) is 4.21. The highest BCUT2D eigenvalue weighted by Gasteiger charge is 2.25. The van der Waals surface area contributed by atoms with Crippen LogP contribution in [0.15, 0.2) is 24.3 Å². The van der Waals surface area contributed by atoms with E-state index in [1.807, 2.05) is 24.3 Å². The predicted octanol–water partition coefficient (Wildman–Crippen LogP) is 1.57. The molecule has 0 aromatic heterocycles. The molecular formula is C12H16N2O2. The molecule has 1 heterocycles. The van der Waals surface area contributed by atoms with E-state index in [-0.39, 0.29) is 5.92 Å². The van der Waals surface area contributed by atoms with Gasteiger partial charge in [-0.1, -0.05) is 0 Å². The number of piperidine rings is 1. The summed E-state index contributed by atoms with van der Waals surface area (Å²) in [5.74, 6) is -0.938. The molecule has 1 atom stereocenters. The van der Waals surface area contributed by atoms with E-state index in [9.17, 15) is 4.79 Å². The number of nitrogens with zero attached hydrogens (tertiary/aromatic N) is 1. The molecule has 0 saturated carbocycles. The van der Waals surface area contributed by atoms with Crippen molar-refractivity contribution in [3.63, 3.8) is 0 Å². The number of hydrogen-bond donors (Lipinski definition) is 2. The molecule has 1 aliphatic heterocycles. The molecular weight excluding hydrogens is 204 g/mol. The van der Waals surface area contributed by atoms with Crippen LogP contribution in [0.3, 0.4) is 0 Å². The number of anilines is 2. The number of benzene rings is 1. The molecule has 16 heavy (non-hydrogen) atoms. The van der Waals surface area contributed by atoms with Gasteiger partial charge in [-0.25, -0.2) is 0 Å². The van der Waals surface area contributed by atoms with Crippen molar-refractivity contribution in [3.05, 3.63) is 24.3 Å². The Morgan fingerprint density at radius 3 is 2.69 bits per heavy atom. The molecule has 1 aromatic rings. The summed E-state index contributed by atoms with van der Waals surface area (Å²) in [5, 5.41) is 9.00. The smallest absolute Gasteiger partial charge is 0.308 e. The van der Waals surface area contributed by atoms with Crippen LogP contribution in [0.5, 0.6) is 0 Å². The first-order valence-electron chi connectivity index (χ1n) is 5.50. The molecule has 4 heteroatoms. The Bertz CT molecular complexity index is 375. The van der Waals surface area contributed by atoms with E-state index in [1.165, 1.54) is 0 Å². The molecule has 0 unspecified atom stereocenters. The van der Waals surface area contributed by atoms with Crippen LogP contribution in [0.4, 0.5) is 11.4 Å². The van der Waals surface area contributed by atoms with Gasteiger partial charge in [0.15, 0.2) is 0 Å². The lowest BCUT2D eigenvalue weighted by Crippen LogP contribution is -2.38. The van der Waals surface area contributed by atoms with Gasteiger partial charge in [-0.15, -0.1) is 0 Å². The van der Waals surface area contributed by atoms with Crippen molar-refractivity contribution in [1.82, 2.24) is 0 Å². The molecule has 1 aliphatic rings. The summed E-state index contributed by atoms with van der Waals surface area (Å²) in [6, 6.07) is 7.58. The summed E-state index contributed by atoms with van der Waals surface area (Å²) in [6.45, 7) is 1.52. The quantitative estimate of drug-likeness (QED) is 0.742. The van der Waals surface area contributed by atoms with Gasteiger partial charge in [-0.05, 0) is 37.1 Å². The van der Waals surface area contributed by atoms with Gasteiger partial charge in [0.1, 0.15) is 0 Å². The average molecular weight is 220 g/mol. The highest BCUT2D eigenvalue weighted by atomic mass is 16.4. The molecule has 2 rings (SSSR count). The van der Waals surface area contributed by atoms with Crippen molar-refractivity contribution in [1.29, 1.82) is 0 Å². The molecule has 0 bridgehead atoms. The third-order valence-electron chi connectivity index (χ3n) is 3.03. The fourth-order valence-electron chi connectivity index (χ4n) is 2.10. The van der Waals surface area contributed by atoms with Crippen molar-refractivity contribution in [3.8, 4) is 0 Å². The Kier molecular flexibility index (Phi) is 2.99. The zero-order valence-electron chi connectivity index (χ0n) is 9.10. The maximum absolute atomic E-state index is 10.9. The summed E-state index contributed by atoms with van der Waals surface area (Å²) < 4.78 is 0. The van der Waals surface area contributed by atoms with E-state index in [4.69, 9.17) is 10.8 Å². The van der Waals surface area contributed by atoms with Crippen LogP contribution in [-0.4, -0.2) is 24.2 Å². The fourth-order valence-corrected chi connectivity index (χ4v) is 2.10. The zero-order valence-corrected chi connectivity index (χ0v) is 9.10. The Morgan fingerprint density at radius 2 is 2.06 bits per heavy atom. The van der Waals surface area contributed by atoms with Gasteiger partial charge in [0, 0.05) is 24.5 Å². The molecule has 0 radical (unpaired) electrons. The zero-order chi connectivity index (χ0) is 11.5. The van der Waals surface area contributed by atoms with E-state index in [2.05, 4.69) is 4.90 Å². The minimum absolute atomic E-state index is 0.244. The monoisotopic (exact) mass is 220 g/mol. The van der Waals surface area contributed by atoms with Gasteiger partial charge in [-0.3, -0.25) is 4.79 Å². The largest absolute Gasteiger partial charge is 0.481 e. The van der Waals surface area contributed by atoms with Gasteiger partial charge in [0.05, 0.1) is 5.92 Å². The van der Waals surface area contributed by atoms with Crippen molar-refractivity contribution in [2.45, 2.75) is 12.8 Å². The molecule has 1 aromatic carbocycles. The molecule has 86 valence electrons. The van der Waals surface area contributed by atoms with Gasteiger partial charge in [0.25, 0.3) is 0 Å². The predicted molar refractivity (Wildman–Crippen MR) is 63.4 cm³/mol. The van der Waals surface area contributed by atoms with Crippen LogP contribution in [0, 0.1) is 5.92 Å². The molecule has 1 fully saturated rings. The molecule has 3 N–H and O–H groups in total. The normalized spacial score (nSPS) is 20.8. The number of aliphatic carboxylic acids is 1. The highest BCUT2D eigenvalue weighted by molar-refractivity contribution is 5.71. The number of carbonyl (C=O) groups is 1. The topological polar surface area (TPSA) is 66.6 Å². The summed E-state index contributed by atoms with van der Waals surface area (Å²) >= 11 is 0. The fraction of sp³-hybridized carbons (Fsp3) is 0.417. The molecule has 0 amide bonds. The third-order valence-corrected chi connectivity index (χ3v) is 3.03. The summed E-state index contributed by atoms with van der Waals surface area (Å²) in [7, 11) is 0. The summed E-state index contributed by atoms with van der Waals surface area (Å²) in [4.78, 5) is 13.1. The highest BCUT2D eigenvalue weighted by Crippen LogP contribution is 2.23. The summed E-state index contributed by atoms with van der Waals surface area (Å²) in [5.41, 5.74) is 7.41. The minimum atomic E-state index is -0.694. The van der Waals surface area contributed by atoms with Crippen LogP contribution in [-0.2, 0) is 4.79 Å². The average Bonchev–Trinajstić information content (AvgIpc) is 2.30. The molecule has 4 nitrogen and oxygen atoms in total. The standard InChI is InChI=1S/C12H16N2O2/c13-10-3-5-11(6-4-10)14-7-1-2-9(8-14)12(15)16/h3-6,9H,1-2,7-8,13H2,(H,15,16)/t9-/m1/s1. The van der Waals surface area contributed by atoms with Gasteiger partial charge in [0.2, 0.25) is 0 Å². The number of hydrogen-bond acceptors (Lipinski definition) is 3. The molecule has 0 aliphatic carbocycles. The van der Waals surface area contributed by atoms with Gasteiger partial charge < -0.3 is 15.7 Å². The number of nitrogen functional groups attached to an aromatic ring is 1. The van der Waals surface area contributed by atoms with E-state index >= 15 is 0 Å². The first-order chi connectivity index (χ1) is 7.66. The van der Waals surface area contributed by atoms with Crippen LogP contribution in [0.2, 0.25) is 0 Å². The number of carboxylic acids is 1. The maximum atomic E-state index is 10.9. The SMILES string of the molecule is Nc1ccc(N2CCC[C@@H](C(=O)O)C2)cc1. The van der Waals surface area contributed by atoms with E-state index in [1.54, 1.807) is 0 Å². The second kappa shape index (κ2) is 4.43. The molecule has 0 spiro atoms. The lowest BCUT2D eigenvalue weighted by molar-refractivity contribution is -0.141. The first kappa shape index (κ1) is 10.8. The Morgan fingerprint density at radius 1 is 1.38 bits per heavy atom. The second-order valence-electron chi connectivity index (χ2n) is 4.21. The molecule has 1 saturated heterocycles. The Hall–Kier alpha value is -1.71. The van der Waals surface area contributed by atoms with Crippen molar-refractivity contribution in [2.75, 3.05) is 23.7 Å². The number of carboxylic acid groups (broad SMARTS) is 1. The van der Waals surface area contributed by atoms with Gasteiger partial charge in [-0.2, -0.15) is 0 Å². The van der Waals surface area contributed by atoms with Crippen LogP contribution in [0.1, 0.15) is 12.8 Å². The van der Waals surface area contributed by atoms with Crippen molar-refractivity contribution >= 4 is 17.3 Å². The Balaban J connectivity index is 2.09. The van der Waals surface area contributed by atoms with Crippen LogP contribution in [0.25, 0.3) is 0 Å². The minimum Gasteiger partial charge on any atom is -0.481 e. The van der Waals surface area contributed by atoms with Gasteiger partial charge >= 0.3 is 5.97 Å². The number of nitrogens with two attached hydrogens (primary N) is 1. The van der Waals surface area contributed by atoms with E-state index < -0.39 is 5.97 Å². The van der Waals surface area contributed by atoms with Crippen molar-refractivity contribution in [2.24, 2.45) is 5.92 Å². The lowest BCUT2D eigenvalue weighted by Gasteiger charge is -2.32. The van der Waals surface area contributed by atoms with Crippen LogP contribution < -0.4 is 10.6 Å².